The van der Waals surface area contributed by atoms with Crippen LogP contribution in [0.4, 0.5) is 23.7 Å². The molecule has 0 saturated heterocycles. The Labute approximate surface area is 182 Å². The zero-order valence-corrected chi connectivity index (χ0v) is 18.0. The molecule has 166 valence electrons. The second-order valence-corrected chi connectivity index (χ2v) is 9.35. The van der Waals surface area contributed by atoms with Crippen LogP contribution < -0.4 is 5.32 Å². The van der Waals surface area contributed by atoms with Gasteiger partial charge in [-0.1, -0.05) is 23.7 Å². The molecule has 1 unspecified atom stereocenters. The highest BCUT2D eigenvalue weighted by Gasteiger charge is 2.37. The van der Waals surface area contributed by atoms with Gasteiger partial charge in [-0.25, -0.2) is 18.2 Å². The van der Waals surface area contributed by atoms with Crippen molar-refractivity contribution >= 4 is 39.1 Å². The Balaban J connectivity index is 1.85. The van der Waals surface area contributed by atoms with Crippen LogP contribution in [0, 0.1) is 0 Å². The van der Waals surface area contributed by atoms with Crippen LogP contribution in [0.1, 0.15) is 11.1 Å². The molecule has 0 aliphatic carbocycles. The fraction of sp³-hybridized carbons (Fsp3) is 0.263. The van der Waals surface area contributed by atoms with E-state index in [9.17, 15) is 26.4 Å². The third kappa shape index (κ3) is 5.35. The summed E-state index contributed by atoms with van der Waals surface area (Å²) in [5, 5.41) is 8.25. The Morgan fingerprint density at radius 3 is 2.26 bits per heavy atom. The van der Waals surface area contributed by atoms with E-state index in [1.54, 1.807) is 24.3 Å². The first-order chi connectivity index (χ1) is 14.4. The van der Waals surface area contributed by atoms with Crippen LogP contribution in [0.25, 0.3) is 0 Å². The number of hydrogen-bond donors (Lipinski definition) is 1. The van der Waals surface area contributed by atoms with Crippen LogP contribution in [-0.4, -0.2) is 55.4 Å². The van der Waals surface area contributed by atoms with Gasteiger partial charge in [-0.15, -0.1) is 0 Å². The van der Waals surface area contributed by atoms with Gasteiger partial charge in [-0.3, -0.25) is 0 Å². The summed E-state index contributed by atoms with van der Waals surface area (Å²) >= 11 is 5.91. The van der Waals surface area contributed by atoms with Gasteiger partial charge < -0.3 is 5.32 Å². The molecule has 2 amide bonds. The van der Waals surface area contributed by atoms with Gasteiger partial charge in [0.05, 0.1) is 30.1 Å². The van der Waals surface area contributed by atoms with Gasteiger partial charge >= 0.3 is 12.2 Å². The Bertz CT molecular complexity index is 1100. The summed E-state index contributed by atoms with van der Waals surface area (Å²) < 4.78 is 63.3. The monoisotopic (exact) mass is 474 g/mol. The van der Waals surface area contributed by atoms with Crippen molar-refractivity contribution in [3.05, 3.63) is 64.7 Å². The van der Waals surface area contributed by atoms with E-state index in [1.165, 1.54) is 7.05 Å². The number of carbonyl (C=O) groups excluding carboxylic acids is 1. The number of nitrogens with one attached hydrogen (secondary N) is 1. The maximum Gasteiger partial charge on any atom is 0.416 e. The summed E-state index contributed by atoms with van der Waals surface area (Å²) in [6, 6.07) is 9.02. The first-order valence-electron chi connectivity index (χ1n) is 8.89. The molecule has 1 heterocycles. The topological polar surface area (TPSA) is 82.1 Å². The molecule has 2 aromatic rings. The van der Waals surface area contributed by atoms with Crippen LogP contribution >= 0.6 is 11.6 Å². The van der Waals surface area contributed by atoms with Crippen molar-refractivity contribution in [2.75, 3.05) is 25.2 Å². The minimum absolute atomic E-state index is 0.0754. The molecule has 1 aliphatic heterocycles. The molecule has 0 fully saturated rings. The van der Waals surface area contributed by atoms with Crippen molar-refractivity contribution in [2.45, 2.75) is 12.2 Å². The number of rotatable bonds is 4. The van der Waals surface area contributed by atoms with Gasteiger partial charge in [0.25, 0.3) is 0 Å². The molecule has 1 aliphatic rings. The van der Waals surface area contributed by atoms with Gasteiger partial charge in [0, 0.05) is 17.8 Å². The average molecular weight is 475 g/mol. The molecular formula is C19H18ClF3N4O3S. The zero-order valence-electron chi connectivity index (χ0n) is 16.4. The normalized spacial score (nSPS) is 17.1. The number of anilines is 1. The van der Waals surface area contributed by atoms with E-state index in [-0.39, 0.29) is 12.2 Å². The third-order valence-corrected chi connectivity index (χ3v) is 6.24. The summed E-state index contributed by atoms with van der Waals surface area (Å²) in [6.45, 7) is -0.0754. The molecule has 1 N–H and O–H groups in total. The molecule has 0 radical (unpaired) electrons. The Kier molecular flexibility index (Phi) is 6.30. The largest absolute Gasteiger partial charge is 0.416 e. The summed E-state index contributed by atoms with van der Waals surface area (Å²) in [7, 11) is -2.22. The molecular weight excluding hydrogens is 457 g/mol. The van der Waals surface area contributed by atoms with E-state index in [0.29, 0.717) is 16.3 Å². The fourth-order valence-electron chi connectivity index (χ4n) is 2.94. The number of hydrazone groups is 1. The van der Waals surface area contributed by atoms with Gasteiger partial charge in [0.1, 0.15) is 0 Å². The second kappa shape index (κ2) is 8.48. The smallest absolute Gasteiger partial charge is 0.306 e. The lowest BCUT2D eigenvalue weighted by Gasteiger charge is -2.23. The number of carbonyl (C=O) groups is 1. The van der Waals surface area contributed by atoms with Crippen LogP contribution in [0.15, 0.2) is 53.6 Å². The van der Waals surface area contributed by atoms with E-state index in [1.807, 2.05) is 0 Å². The van der Waals surface area contributed by atoms with Crippen molar-refractivity contribution < 1.29 is 26.4 Å². The van der Waals surface area contributed by atoms with Crippen LogP contribution in [0.3, 0.4) is 0 Å². The molecule has 2 aromatic carbocycles. The maximum absolute atomic E-state index is 12.7. The average Bonchev–Trinajstić information content (AvgIpc) is 3.12. The molecule has 0 spiro atoms. The standard InChI is InChI=1S/C19H18ClF3N4O3S/c1-26(31(2,29)30)16-11-27(25-17(16)12-3-7-14(20)8-4-12)18(28)24-15-9-5-13(6-10-15)19(21,22)23/h3-10,16H,11H2,1-2H3,(H,24,28). The number of halogens is 4. The lowest BCUT2D eigenvalue weighted by Crippen LogP contribution is -2.44. The van der Waals surface area contributed by atoms with Gasteiger partial charge in [0.15, 0.2) is 0 Å². The highest BCUT2D eigenvalue weighted by molar-refractivity contribution is 7.88. The van der Waals surface area contributed by atoms with E-state index < -0.39 is 33.8 Å². The maximum atomic E-state index is 12.7. The van der Waals surface area contributed by atoms with Crippen molar-refractivity contribution in [1.82, 2.24) is 9.31 Å². The minimum atomic E-state index is -4.49. The molecule has 0 bridgehead atoms. The Morgan fingerprint density at radius 2 is 1.74 bits per heavy atom. The third-order valence-electron chi connectivity index (χ3n) is 4.69. The lowest BCUT2D eigenvalue weighted by atomic mass is 10.0. The number of urea groups is 1. The zero-order chi connectivity index (χ0) is 23.0. The number of likely N-dealkylation sites (N-methyl/N-ethyl adjacent to an activating group) is 1. The van der Waals surface area contributed by atoms with Gasteiger partial charge in [0.2, 0.25) is 10.0 Å². The summed E-state index contributed by atoms with van der Waals surface area (Å²) in [5.41, 5.74) is 0.215. The molecule has 1 atom stereocenters. The van der Waals surface area contributed by atoms with Crippen LogP contribution in [-0.2, 0) is 16.2 Å². The molecule has 0 saturated carbocycles. The number of nitrogens with zero attached hydrogens (tertiary/aromatic N) is 3. The Morgan fingerprint density at radius 1 is 1.16 bits per heavy atom. The van der Waals surface area contributed by atoms with Crippen LogP contribution in [0.5, 0.6) is 0 Å². The summed E-state index contributed by atoms with van der Waals surface area (Å²) in [4.78, 5) is 12.6. The van der Waals surface area contributed by atoms with E-state index in [4.69, 9.17) is 11.6 Å². The second-order valence-electron chi connectivity index (χ2n) is 6.87. The minimum Gasteiger partial charge on any atom is -0.306 e. The van der Waals surface area contributed by atoms with Gasteiger partial charge in [-0.05, 0) is 42.0 Å². The Hall–Kier alpha value is -2.63. The molecule has 31 heavy (non-hydrogen) atoms. The van der Waals surface area contributed by atoms with Crippen LogP contribution in [0.2, 0.25) is 5.02 Å². The predicted octanol–water partition coefficient (Wildman–Crippen LogP) is 3.87. The molecule has 3 rings (SSSR count). The number of alkyl halides is 3. The lowest BCUT2D eigenvalue weighted by molar-refractivity contribution is -0.137. The molecule has 0 aromatic heterocycles. The summed E-state index contributed by atoms with van der Waals surface area (Å²) in [6.07, 6.45) is -3.45. The van der Waals surface area contributed by atoms with Crippen molar-refractivity contribution in [3.63, 3.8) is 0 Å². The number of benzene rings is 2. The number of hydrogen-bond acceptors (Lipinski definition) is 4. The fourth-order valence-corrected chi connectivity index (χ4v) is 3.69. The first-order valence-corrected chi connectivity index (χ1v) is 11.1. The molecule has 12 heteroatoms. The highest BCUT2D eigenvalue weighted by Crippen LogP contribution is 2.30. The quantitative estimate of drug-likeness (QED) is 0.730. The van der Waals surface area contributed by atoms with Gasteiger partial charge in [-0.2, -0.15) is 22.6 Å². The van der Waals surface area contributed by atoms with Crippen molar-refractivity contribution in [1.29, 1.82) is 0 Å². The number of sulfonamides is 1. The highest BCUT2D eigenvalue weighted by atomic mass is 35.5. The molecule has 7 nitrogen and oxygen atoms in total. The van der Waals surface area contributed by atoms with E-state index in [2.05, 4.69) is 10.4 Å². The number of amides is 2. The first kappa shape index (κ1) is 23.0. The predicted molar refractivity (Wildman–Crippen MR) is 112 cm³/mol. The van der Waals surface area contributed by atoms with Crippen molar-refractivity contribution in [3.8, 4) is 0 Å². The van der Waals surface area contributed by atoms with E-state index in [0.717, 1.165) is 39.8 Å². The van der Waals surface area contributed by atoms with E-state index >= 15 is 0 Å². The SMILES string of the molecule is CN(C1CN(C(=O)Nc2ccc(C(F)(F)F)cc2)N=C1c1ccc(Cl)cc1)S(C)(=O)=O. The van der Waals surface area contributed by atoms with Crippen molar-refractivity contribution in [2.24, 2.45) is 5.10 Å². The summed E-state index contributed by atoms with van der Waals surface area (Å²) in [5.74, 6) is 0.